The summed E-state index contributed by atoms with van der Waals surface area (Å²) in [6, 6.07) is 8.00. The average Bonchev–Trinajstić information content (AvgIpc) is 2.21. The van der Waals surface area contributed by atoms with E-state index in [9.17, 15) is 4.79 Å². The predicted molar refractivity (Wildman–Crippen MR) is 62.8 cm³/mol. The van der Waals surface area contributed by atoms with E-state index in [1.807, 2.05) is 38.1 Å². The third-order valence-electron chi connectivity index (χ3n) is 2.66. The summed E-state index contributed by atoms with van der Waals surface area (Å²) in [5.74, 6) is 0.235. The number of carbonyl (C=O) groups excluding carboxylic acids is 1. The molecule has 0 aliphatic heterocycles. The minimum Gasteiger partial charge on any atom is -0.327 e. The third-order valence-corrected chi connectivity index (χ3v) is 2.66. The van der Waals surface area contributed by atoms with Crippen LogP contribution in [0.4, 0.5) is 0 Å². The van der Waals surface area contributed by atoms with E-state index in [4.69, 9.17) is 5.73 Å². The first-order valence-corrected chi connectivity index (χ1v) is 5.45. The van der Waals surface area contributed by atoms with Crippen molar-refractivity contribution in [2.24, 2.45) is 5.73 Å². The van der Waals surface area contributed by atoms with Gasteiger partial charge in [-0.2, -0.15) is 0 Å². The second-order valence-electron chi connectivity index (χ2n) is 4.01. The molecular formula is C13H19NO. The highest BCUT2D eigenvalue weighted by atomic mass is 16.1. The number of ketones is 1. The average molecular weight is 205 g/mol. The van der Waals surface area contributed by atoms with Crippen LogP contribution in [0.3, 0.4) is 0 Å². The van der Waals surface area contributed by atoms with Crippen molar-refractivity contribution in [2.45, 2.75) is 39.2 Å². The summed E-state index contributed by atoms with van der Waals surface area (Å²) in [5.41, 5.74) is 8.04. The predicted octanol–water partition coefficient (Wildman–Crippen LogP) is 2.23. The minimum absolute atomic E-state index is 0.0153. The lowest BCUT2D eigenvalue weighted by Gasteiger charge is -2.08. The van der Waals surface area contributed by atoms with Crippen molar-refractivity contribution in [1.29, 1.82) is 0 Å². The molecule has 0 saturated carbocycles. The van der Waals surface area contributed by atoms with Crippen LogP contribution < -0.4 is 5.73 Å². The maximum atomic E-state index is 11.7. The van der Waals surface area contributed by atoms with Gasteiger partial charge in [0.25, 0.3) is 0 Å². The largest absolute Gasteiger partial charge is 0.327 e. The Hall–Kier alpha value is -1.15. The Morgan fingerprint density at radius 1 is 1.40 bits per heavy atom. The van der Waals surface area contributed by atoms with Crippen LogP contribution in [0, 0.1) is 6.92 Å². The Morgan fingerprint density at radius 2 is 2.07 bits per heavy atom. The molecule has 0 saturated heterocycles. The highest BCUT2D eigenvalue weighted by Gasteiger charge is 2.09. The van der Waals surface area contributed by atoms with Crippen molar-refractivity contribution in [2.75, 3.05) is 0 Å². The van der Waals surface area contributed by atoms with Gasteiger partial charge in [0.1, 0.15) is 5.78 Å². The second-order valence-corrected chi connectivity index (χ2v) is 4.01. The molecule has 0 heterocycles. The van der Waals surface area contributed by atoms with E-state index >= 15 is 0 Å². The van der Waals surface area contributed by atoms with Gasteiger partial charge in [-0.25, -0.2) is 0 Å². The van der Waals surface area contributed by atoms with E-state index in [2.05, 4.69) is 0 Å². The summed E-state index contributed by atoms with van der Waals surface area (Å²) in [6.07, 6.45) is 1.87. The molecule has 2 N–H and O–H groups in total. The Bertz CT molecular complexity index is 333. The fraction of sp³-hybridized carbons (Fsp3) is 0.462. The summed E-state index contributed by atoms with van der Waals surface area (Å²) in [5, 5.41) is 0. The fourth-order valence-electron chi connectivity index (χ4n) is 1.53. The van der Waals surface area contributed by atoms with Crippen molar-refractivity contribution in [3.63, 3.8) is 0 Å². The van der Waals surface area contributed by atoms with Crippen LogP contribution in [0.25, 0.3) is 0 Å². The van der Waals surface area contributed by atoms with Crippen LogP contribution in [0.2, 0.25) is 0 Å². The van der Waals surface area contributed by atoms with Crippen molar-refractivity contribution in [1.82, 2.24) is 0 Å². The summed E-state index contributed by atoms with van der Waals surface area (Å²) >= 11 is 0. The Kier molecular flexibility index (Phi) is 4.50. The molecule has 1 rings (SSSR count). The van der Waals surface area contributed by atoms with E-state index < -0.39 is 0 Å². The maximum absolute atomic E-state index is 11.7. The zero-order valence-corrected chi connectivity index (χ0v) is 9.49. The van der Waals surface area contributed by atoms with Gasteiger partial charge in [-0.05, 0) is 24.5 Å². The van der Waals surface area contributed by atoms with Gasteiger partial charge in [0.15, 0.2) is 0 Å². The van der Waals surface area contributed by atoms with E-state index in [-0.39, 0.29) is 11.8 Å². The van der Waals surface area contributed by atoms with Gasteiger partial charge in [0.05, 0.1) is 0 Å². The fourth-order valence-corrected chi connectivity index (χ4v) is 1.53. The van der Waals surface area contributed by atoms with Gasteiger partial charge in [-0.15, -0.1) is 0 Å². The van der Waals surface area contributed by atoms with Gasteiger partial charge in [0, 0.05) is 18.9 Å². The van der Waals surface area contributed by atoms with E-state index in [1.165, 1.54) is 5.56 Å². The molecule has 0 aliphatic rings. The lowest BCUT2D eigenvalue weighted by atomic mass is 9.99. The van der Waals surface area contributed by atoms with Crippen LogP contribution in [0.5, 0.6) is 0 Å². The molecule has 0 aromatic heterocycles. The summed E-state index contributed by atoms with van der Waals surface area (Å²) in [6.45, 7) is 4.04. The molecule has 82 valence electrons. The zero-order valence-electron chi connectivity index (χ0n) is 9.49. The molecule has 0 radical (unpaired) electrons. The Labute approximate surface area is 91.5 Å². The normalized spacial score (nSPS) is 12.5. The number of hydrogen-bond donors (Lipinski definition) is 1. The molecule has 0 spiro atoms. The number of aryl methyl sites for hydroxylation is 1. The van der Waals surface area contributed by atoms with E-state index in [1.54, 1.807) is 0 Å². The highest BCUT2D eigenvalue weighted by molar-refractivity contribution is 5.81. The van der Waals surface area contributed by atoms with Crippen molar-refractivity contribution >= 4 is 5.78 Å². The molecule has 0 amide bonds. The van der Waals surface area contributed by atoms with Crippen LogP contribution in [0.15, 0.2) is 24.3 Å². The minimum atomic E-state index is 0.0153. The smallest absolute Gasteiger partial charge is 0.138 e. The molecule has 1 unspecified atom stereocenters. The molecular weight excluding hydrogens is 186 g/mol. The Morgan fingerprint density at radius 3 is 2.67 bits per heavy atom. The zero-order chi connectivity index (χ0) is 11.3. The third kappa shape index (κ3) is 3.84. The first kappa shape index (κ1) is 11.9. The standard InChI is InChI=1S/C13H19NO/c1-3-12(14)9-13(15)8-11-7-5-4-6-10(11)2/h4-7,12H,3,8-9,14H2,1-2H3. The molecule has 0 bridgehead atoms. The van der Waals surface area contributed by atoms with Crippen LogP contribution in [-0.4, -0.2) is 11.8 Å². The second kappa shape index (κ2) is 5.66. The molecule has 2 heteroatoms. The molecule has 2 nitrogen and oxygen atoms in total. The lowest BCUT2D eigenvalue weighted by molar-refractivity contribution is -0.118. The van der Waals surface area contributed by atoms with E-state index in [0.717, 1.165) is 12.0 Å². The van der Waals surface area contributed by atoms with Gasteiger partial charge in [-0.3, -0.25) is 4.79 Å². The monoisotopic (exact) mass is 205 g/mol. The van der Waals surface area contributed by atoms with Crippen LogP contribution in [0.1, 0.15) is 30.9 Å². The first-order chi connectivity index (χ1) is 7.13. The van der Waals surface area contributed by atoms with Gasteiger partial charge >= 0.3 is 0 Å². The number of Topliss-reactive ketones (excluding diaryl/α,β-unsaturated/α-hetero) is 1. The van der Waals surface area contributed by atoms with Gasteiger partial charge in [0.2, 0.25) is 0 Å². The Balaban J connectivity index is 2.55. The molecule has 1 atom stereocenters. The molecule has 0 aliphatic carbocycles. The maximum Gasteiger partial charge on any atom is 0.138 e. The summed E-state index contributed by atoms with van der Waals surface area (Å²) < 4.78 is 0. The molecule has 1 aromatic rings. The quantitative estimate of drug-likeness (QED) is 0.801. The van der Waals surface area contributed by atoms with Crippen molar-refractivity contribution < 1.29 is 4.79 Å². The summed E-state index contributed by atoms with van der Waals surface area (Å²) in [7, 11) is 0. The first-order valence-electron chi connectivity index (χ1n) is 5.45. The number of carbonyl (C=O) groups is 1. The highest BCUT2D eigenvalue weighted by Crippen LogP contribution is 2.09. The van der Waals surface area contributed by atoms with Gasteiger partial charge < -0.3 is 5.73 Å². The lowest BCUT2D eigenvalue weighted by Crippen LogP contribution is -2.23. The van der Waals surface area contributed by atoms with E-state index in [0.29, 0.717) is 12.8 Å². The SMILES string of the molecule is CCC(N)CC(=O)Cc1ccccc1C. The molecule has 15 heavy (non-hydrogen) atoms. The molecule has 0 fully saturated rings. The number of hydrogen-bond acceptors (Lipinski definition) is 2. The summed E-state index contributed by atoms with van der Waals surface area (Å²) in [4.78, 5) is 11.7. The van der Waals surface area contributed by atoms with Crippen LogP contribution in [-0.2, 0) is 11.2 Å². The molecule has 1 aromatic carbocycles. The number of rotatable bonds is 5. The van der Waals surface area contributed by atoms with Crippen molar-refractivity contribution in [3.8, 4) is 0 Å². The number of benzene rings is 1. The number of nitrogens with two attached hydrogens (primary N) is 1. The topological polar surface area (TPSA) is 43.1 Å². The van der Waals surface area contributed by atoms with Crippen molar-refractivity contribution in [3.05, 3.63) is 35.4 Å². The van der Waals surface area contributed by atoms with Gasteiger partial charge in [-0.1, -0.05) is 31.2 Å². The van der Waals surface area contributed by atoms with Crippen LogP contribution >= 0.6 is 0 Å².